The first-order valence-corrected chi connectivity index (χ1v) is 9.24. The number of piperidine rings is 1. The van der Waals surface area contributed by atoms with E-state index in [1.54, 1.807) is 7.11 Å². The van der Waals surface area contributed by atoms with Crippen molar-refractivity contribution < 1.29 is 19.4 Å². The summed E-state index contributed by atoms with van der Waals surface area (Å²) < 4.78 is 10.8. The summed E-state index contributed by atoms with van der Waals surface area (Å²) in [5.41, 5.74) is 5.64. The molecule has 1 aromatic carbocycles. The van der Waals surface area contributed by atoms with E-state index in [-0.39, 0.29) is 12.5 Å². The summed E-state index contributed by atoms with van der Waals surface area (Å²) in [6, 6.07) is 5.71. The number of amides is 1. The van der Waals surface area contributed by atoms with Crippen molar-refractivity contribution in [1.29, 1.82) is 0 Å². The Balaban J connectivity index is 2.04. The van der Waals surface area contributed by atoms with E-state index in [1.807, 2.05) is 25.1 Å². The second kappa shape index (κ2) is 8.73. The molecule has 0 radical (unpaired) electrons. The third-order valence-corrected chi connectivity index (χ3v) is 5.05. The average molecular weight is 364 g/mol. The molecule has 0 aromatic heterocycles. The van der Waals surface area contributed by atoms with Crippen LogP contribution < -0.4 is 15.2 Å². The number of nitrogens with zero attached hydrogens (tertiary/aromatic N) is 1. The Morgan fingerprint density at radius 2 is 2.15 bits per heavy atom. The molecule has 3 N–H and O–H groups in total. The van der Waals surface area contributed by atoms with Gasteiger partial charge in [0, 0.05) is 25.6 Å². The van der Waals surface area contributed by atoms with Crippen LogP contribution in [0.2, 0.25) is 0 Å². The summed E-state index contributed by atoms with van der Waals surface area (Å²) in [4.78, 5) is 13.3. The van der Waals surface area contributed by atoms with Crippen LogP contribution in [0.25, 0.3) is 0 Å². The van der Waals surface area contributed by atoms with Crippen molar-refractivity contribution in [3.63, 3.8) is 0 Å². The van der Waals surface area contributed by atoms with Crippen molar-refractivity contribution in [1.82, 2.24) is 4.90 Å². The first-order chi connectivity index (χ1) is 12.2. The third kappa shape index (κ3) is 5.61. The number of carbonyl (C=O) groups is 1. The predicted octanol–water partition coefficient (Wildman–Crippen LogP) is 2.18. The van der Waals surface area contributed by atoms with E-state index >= 15 is 0 Å². The maximum atomic E-state index is 10.9. The number of primary amides is 1. The fraction of sp³-hybridized carbons (Fsp3) is 0.650. The highest BCUT2D eigenvalue weighted by Crippen LogP contribution is 2.34. The molecule has 2 atom stereocenters. The molecule has 1 heterocycles. The van der Waals surface area contributed by atoms with Crippen LogP contribution in [-0.4, -0.2) is 48.3 Å². The van der Waals surface area contributed by atoms with Crippen molar-refractivity contribution in [2.75, 3.05) is 26.8 Å². The summed E-state index contributed by atoms with van der Waals surface area (Å²) in [5, 5.41) is 10.7. The molecule has 1 fully saturated rings. The van der Waals surface area contributed by atoms with Crippen LogP contribution >= 0.6 is 0 Å². The number of ether oxygens (including phenoxy) is 2. The Hall–Kier alpha value is -1.79. The van der Waals surface area contributed by atoms with Gasteiger partial charge in [-0.1, -0.05) is 19.9 Å². The number of rotatable bonds is 8. The standard InChI is InChI=1S/C20H32N2O4/c1-14(2)9-16-12-22(8-7-20(16,3)24)11-15-5-6-17(18(10-15)25-4)26-13-19(21)23/h5-6,10,14,16,24H,7-9,11-13H2,1-4H3,(H2,21,23)/t16-,20+/m1/s1. The highest BCUT2D eigenvalue weighted by atomic mass is 16.5. The van der Waals surface area contributed by atoms with Gasteiger partial charge in [0.2, 0.25) is 0 Å². The number of hydrogen-bond donors (Lipinski definition) is 2. The normalized spacial score (nSPS) is 23.8. The number of hydrogen-bond acceptors (Lipinski definition) is 5. The van der Waals surface area contributed by atoms with Gasteiger partial charge in [0.15, 0.2) is 18.1 Å². The van der Waals surface area contributed by atoms with Crippen LogP contribution in [0, 0.1) is 11.8 Å². The lowest BCUT2D eigenvalue weighted by molar-refractivity contribution is -0.119. The van der Waals surface area contributed by atoms with E-state index in [2.05, 4.69) is 18.7 Å². The van der Waals surface area contributed by atoms with E-state index in [0.717, 1.165) is 38.0 Å². The lowest BCUT2D eigenvalue weighted by atomic mass is 9.78. The molecule has 2 rings (SSSR count). The van der Waals surface area contributed by atoms with Gasteiger partial charge in [-0.2, -0.15) is 0 Å². The van der Waals surface area contributed by atoms with Crippen molar-refractivity contribution in [3.05, 3.63) is 23.8 Å². The molecule has 26 heavy (non-hydrogen) atoms. The summed E-state index contributed by atoms with van der Waals surface area (Å²) in [5.74, 6) is 1.41. The number of aliphatic hydroxyl groups is 1. The minimum atomic E-state index is -0.592. The second-order valence-corrected chi connectivity index (χ2v) is 7.91. The number of benzene rings is 1. The van der Waals surface area contributed by atoms with Crippen molar-refractivity contribution in [2.45, 2.75) is 45.8 Å². The summed E-state index contributed by atoms with van der Waals surface area (Å²) in [6.45, 7) is 8.73. The zero-order valence-corrected chi connectivity index (χ0v) is 16.3. The van der Waals surface area contributed by atoms with Crippen LogP contribution in [0.5, 0.6) is 11.5 Å². The second-order valence-electron chi connectivity index (χ2n) is 7.91. The van der Waals surface area contributed by atoms with Crippen LogP contribution in [-0.2, 0) is 11.3 Å². The molecule has 0 aliphatic carbocycles. The Kier molecular flexibility index (Phi) is 6.89. The van der Waals surface area contributed by atoms with Gasteiger partial charge in [-0.3, -0.25) is 9.69 Å². The van der Waals surface area contributed by atoms with Gasteiger partial charge in [0.25, 0.3) is 5.91 Å². The molecule has 1 aliphatic rings. The van der Waals surface area contributed by atoms with Crippen LogP contribution in [0.15, 0.2) is 18.2 Å². The molecule has 0 saturated carbocycles. The molecule has 0 bridgehead atoms. The summed E-state index contributed by atoms with van der Waals surface area (Å²) in [7, 11) is 1.58. The van der Waals surface area contributed by atoms with Gasteiger partial charge in [-0.15, -0.1) is 0 Å². The van der Waals surface area contributed by atoms with Gasteiger partial charge in [0.05, 0.1) is 12.7 Å². The lowest BCUT2D eigenvalue weighted by Crippen LogP contribution is -2.50. The first-order valence-electron chi connectivity index (χ1n) is 9.24. The molecule has 0 spiro atoms. The zero-order valence-electron chi connectivity index (χ0n) is 16.3. The quantitative estimate of drug-likeness (QED) is 0.738. The first kappa shape index (κ1) is 20.5. The Morgan fingerprint density at radius 3 is 2.77 bits per heavy atom. The summed E-state index contributed by atoms with van der Waals surface area (Å²) in [6.07, 6.45) is 1.80. The molecule has 146 valence electrons. The number of nitrogens with two attached hydrogens (primary N) is 1. The number of likely N-dealkylation sites (tertiary alicyclic amines) is 1. The Labute approximate surface area is 156 Å². The van der Waals surface area contributed by atoms with Gasteiger partial charge in [-0.05, 0) is 43.4 Å². The monoisotopic (exact) mass is 364 g/mol. The van der Waals surface area contributed by atoms with Crippen molar-refractivity contribution in [2.24, 2.45) is 17.6 Å². The molecule has 1 amide bonds. The van der Waals surface area contributed by atoms with E-state index in [9.17, 15) is 9.90 Å². The molecular formula is C20H32N2O4. The van der Waals surface area contributed by atoms with Crippen LogP contribution in [0.3, 0.4) is 0 Å². The molecule has 6 heteroatoms. The van der Waals surface area contributed by atoms with Gasteiger partial charge in [-0.25, -0.2) is 0 Å². The maximum Gasteiger partial charge on any atom is 0.255 e. The molecule has 0 unspecified atom stereocenters. The minimum absolute atomic E-state index is 0.173. The van der Waals surface area contributed by atoms with E-state index in [1.165, 1.54) is 0 Å². The zero-order chi connectivity index (χ0) is 19.3. The smallest absolute Gasteiger partial charge is 0.255 e. The van der Waals surface area contributed by atoms with E-state index < -0.39 is 11.5 Å². The predicted molar refractivity (Wildman–Crippen MR) is 101 cm³/mol. The largest absolute Gasteiger partial charge is 0.493 e. The fourth-order valence-corrected chi connectivity index (χ4v) is 3.57. The summed E-state index contributed by atoms with van der Waals surface area (Å²) >= 11 is 0. The highest BCUT2D eigenvalue weighted by molar-refractivity contribution is 5.75. The third-order valence-electron chi connectivity index (χ3n) is 5.05. The van der Waals surface area contributed by atoms with Gasteiger partial charge in [0.1, 0.15) is 0 Å². The van der Waals surface area contributed by atoms with E-state index in [4.69, 9.17) is 15.2 Å². The molecule has 6 nitrogen and oxygen atoms in total. The Morgan fingerprint density at radius 1 is 1.42 bits per heavy atom. The SMILES string of the molecule is COc1cc(CN2CC[C@](C)(O)[C@H](CC(C)C)C2)ccc1OCC(N)=O. The molecule has 1 saturated heterocycles. The Bertz CT molecular complexity index is 616. The lowest BCUT2D eigenvalue weighted by Gasteiger charge is -2.43. The van der Waals surface area contributed by atoms with E-state index in [0.29, 0.717) is 17.4 Å². The topological polar surface area (TPSA) is 85.0 Å². The highest BCUT2D eigenvalue weighted by Gasteiger charge is 2.37. The van der Waals surface area contributed by atoms with Gasteiger partial charge < -0.3 is 20.3 Å². The fourth-order valence-electron chi connectivity index (χ4n) is 3.57. The number of methoxy groups -OCH3 is 1. The average Bonchev–Trinajstić information content (AvgIpc) is 2.56. The van der Waals surface area contributed by atoms with Gasteiger partial charge >= 0.3 is 0 Å². The molecule has 1 aromatic rings. The van der Waals surface area contributed by atoms with Crippen molar-refractivity contribution in [3.8, 4) is 11.5 Å². The van der Waals surface area contributed by atoms with Crippen LogP contribution in [0.4, 0.5) is 0 Å². The molecule has 1 aliphatic heterocycles. The maximum absolute atomic E-state index is 10.9. The number of carbonyl (C=O) groups excluding carboxylic acids is 1. The van der Waals surface area contributed by atoms with Crippen molar-refractivity contribution >= 4 is 5.91 Å². The van der Waals surface area contributed by atoms with Crippen LogP contribution in [0.1, 0.15) is 39.2 Å². The minimum Gasteiger partial charge on any atom is -0.493 e. The molecular weight excluding hydrogens is 332 g/mol.